The largest absolute Gasteiger partial charge is 0.420 e. The minimum atomic E-state index is -0.277. The second kappa shape index (κ2) is 5.13. The van der Waals surface area contributed by atoms with Crippen molar-refractivity contribution < 1.29 is 8.81 Å². The van der Waals surface area contributed by atoms with E-state index in [2.05, 4.69) is 10.2 Å². The third kappa shape index (κ3) is 2.66. The Bertz CT molecular complexity index is 722. The molecule has 0 radical (unpaired) electrons. The summed E-state index contributed by atoms with van der Waals surface area (Å²) in [5.74, 6) is 0.597. The van der Waals surface area contributed by atoms with Crippen molar-refractivity contribution in [3.63, 3.8) is 0 Å². The van der Waals surface area contributed by atoms with Gasteiger partial charge in [0.05, 0.1) is 6.42 Å². The van der Waals surface area contributed by atoms with E-state index in [4.69, 9.17) is 10.2 Å². The molecule has 0 bridgehead atoms. The lowest BCUT2D eigenvalue weighted by molar-refractivity contribution is 0.517. The molecule has 1 heterocycles. The average Bonchev–Trinajstić information content (AvgIpc) is 2.88. The molecule has 3 rings (SSSR count). The topological polar surface area (TPSA) is 64.9 Å². The number of anilines is 1. The van der Waals surface area contributed by atoms with Gasteiger partial charge in [0.1, 0.15) is 5.82 Å². The molecule has 100 valence electrons. The van der Waals surface area contributed by atoms with Gasteiger partial charge in [-0.05, 0) is 42.0 Å². The number of hydrogen-bond donors (Lipinski definition) is 1. The van der Waals surface area contributed by atoms with Crippen molar-refractivity contribution in [1.29, 1.82) is 0 Å². The van der Waals surface area contributed by atoms with Gasteiger partial charge in [-0.2, -0.15) is 0 Å². The van der Waals surface area contributed by atoms with E-state index in [0.717, 1.165) is 11.1 Å². The number of aromatic nitrogens is 2. The van der Waals surface area contributed by atoms with Crippen LogP contribution in [0, 0.1) is 5.82 Å². The molecule has 3 aromatic rings. The van der Waals surface area contributed by atoms with E-state index in [9.17, 15) is 4.39 Å². The molecule has 4 nitrogen and oxygen atoms in total. The third-order valence-electron chi connectivity index (χ3n) is 2.87. The van der Waals surface area contributed by atoms with Crippen molar-refractivity contribution in [2.24, 2.45) is 0 Å². The van der Waals surface area contributed by atoms with E-state index in [1.807, 2.05) is 18.2 Å². The Hall–Kier alpha value is -2.69. The van der Waals surface area contributed by atoms with Gasteiger partial charge in [0.2, 0.25) is 11.8 Å². The maximum atomic E-state index is 13.1. The molecule has 0 atom stereocenters. The fourth-order valence-corrected chi connectivity index (χ4v) is 1.89. The molecule has 0 amide bonds. The molecule has 2 N–H and O–H groups in total. The number of halogens is 1. The molecule has 0 aliphatic heterocycles. The molecule has 0 saturated heterocycles. The summed E-state index contributed by atoms with van der Waals surface area (Å²) >= 11 is 0. The van der Waals surface area contributed by atoms with Crippen LogP contribution in [0.4, 0.5) is 10.1 Å². The fourth-order valence-electron chi connectivity index (χ4n) is 1.89. The number of hydrogen-bond acceptors (Lipinski definition) is 4. The zero-order chi connectivity index (χ0) is 13.9. The summed E-state index contributed by atoms with van der Waals surface area (Å²) in [7, 11) is 0. The Labute approximate surface area is 115 Å². The van der Waals surface area contributed by atoms with Gasteiger partial charge in [-0.3, -0.25) is 0 Å². The first-order valence-electron chi connectivity index (χ1n) is 6.13. The van der Waals surface area contributed by atoms with Crippen LogP contribution in [0.2, 0.25) is 0 Å². The Kier molecular flexibility index (Phi) is 3.16. The van der Waals surface area contributed by atoms with E-state index < -0.39 is 0 Å². The molecule has 0 unspecified atom stereocenters. The lowest BCUT2D eigenvalue weighted by Gasteiger charge is -1.97. The van der Waals surface area contributed by atoms with Crippen molar-refractivity contribution in [2.45, 2.75) is 6.42 Å². The lowest BCUT2D eigenvalue weighted by atomic mass is 10.1. The Morgan fingerprint density at radius 3 is 2.60 bits per heavy atom. The highest BCUT2D eigenvalue weighted by Gasteiger charge is 2.09. The molecule has 20 heavy (non-hydrogen) atoms. The maximum Gasteiger partial charge on any atom is 0.247 e. The van der Waals surface area contributed by atoms with Crippen LogP contribution in [0.15, 0.2) is 52.9 Å². The van der Waals surface area contributed by atoms with Gasteiger partial charge < -0.3 is 10.2 Å². The van der Waals surface area contributed by atoms with Gasteiger partial charge in [-0.15, -0.1) is 10.2 Å². The first-order valence-corrected chi connectivity index (χ1v) is 6.13. The van der Waals surface area contributed by atoms with Gasteiger partial charge in [0.25, 0.3) is 0 Å². The van der Waals surface area contributed by atoms with Crippen molar-refractivity contribution in [3.05, 3.63) is 65.8 Å². The summed E-state index contributed by atoms with van der Waals surface area (Å²) in [6, 6.07) is 13.5. The molecule has 0 saturated carbocycles. The van der Waals surface area contributed by atoms with Crippen LogP contribution in [0.3, 0.4) is 0 Å². The third-order valence-corrected chi connectivity index (χ3v) is 2.87. The summed E-state index contributed by atoms with van der Waals surface area (Å²) in [5, 5.41) is 7.95. The van der Waals surface area contributed by atoms with Crippen molar-refractivity contribution in [1.82, 2.24) is 10.2 Å². The zero-order valence-corrected chi connectivity index (χ0v) is 10.6. The molecule has 0 aliphatic rings. The predicted octanol–water partition coefficient (Wildman–Crippen LogP) is 3.05. The summed E-state index contributed by atoms with van der Waals surface area (Å²) in [6.07, 6.45) is 0.403. The molecular weight excluding hydrogens is 257 g/mol. The normalized spacial score (nSPS) is 10.7. The minimum Gasteiger partial charge on any atom is -0.420 e. The standard InChI is InChI=1S/C15H12FN3O/c16-12-3-1-2-10(8-12)9-14-18-19-15(20-14)11-4-6-13(17)7-5-11/h1-8H,9,17H2. The predicted molar refractivity (Wildman–Crippen MR) is 73.4 cm³/mol. The van der Waals surface area contributed by atoms with Gasteiger partial charge >= 0.3 is 0 Å². The molecule has 2 aromatic carbocycles. The highest BCUT2D eigenvalue weighted by molar-refractivity contribution is 5.56. The number of nitrogens with zero attached hydrogens (tertiary/aromatic N) is 2. The fraction of sp³-hybridized carbons (Fsp3) is 0.0667. The quantitative estimate of drug-likeness (QED) is 0.742. The highest BCUT2D eigenvalue weighted by atomic mass is 19.1. The maximum absolute atomic E-state index is 13.1. The summed E-state index contributed by atoms with van der Waals surface area (Å²) in [5.41, 5.74) is 7.89. The summed E-state index contributed by atoms with van der Waals surface area (Å²) in [6.45, 7) is 0. The molecule has 5 heteroatoms. The molecule has 0 spiro atoms. The zero-order valence-electron chi connectivity index (χ0n) is 10.6. The Morgan fingerprint density at radius 1 is 1.05 bits per heavy atom. The minimum absolute atomic E-state index is 0.277. The van der Waals surface area contributed by atoms with Gasteiger partial charge in [0, 0.05) is 11.3 Å². The van der Waals surface area contributed by atoms with Crippen LogP contribution in [-0.4, -0.2) is 10.2 Å². The van der Waals surface area contributed by atoms with E-state index >= 15 is 0 Å². The second-order valence-electron chi connectivity index (χ2n) is 4.43. The molecule has 1 aromatic heterocycles. The van der Waals surface area contributed by atoms with E-state index in [1.54, 1.807) is 18.2 Å². The van der Waals surface area contributed by atoms with Gasteiger partial charge in [-0.25, -0.2) is 4.39 Å². The number of nitrogen functional groups attached to an aromatic ring is 1. The van der Waals surface area contributed by atoms with Crippen LogP contribution >= 0.6 is 0 Å². The number of rotatable bonds is 3. The van der Waals surface area contributed by atoms with Crippen LogP contribution in [0.5, 0.6) is 0 Å². The lowest BCUT2D eigenvalue weighted by Crippen LogP contribution is -1.89. The van der Waals surface area contributed by atoms with Crippen molar-refractivity contribution in [3.8, 4) is 11.5 Å². The monoisotopic (exact) mass is 269 g/mol. The average molecular weight is 269 g/mol. The van der Waals surface area contributed by atoms with E-state index in [-0.39, 0.29) is 5.82 Å². The molecule has 0 fully saturated rings. The molecule has 0 aliphatic carbocycles. The number of nitrogens with two attached hydrogens (primary N) is 1. The van der Waals surface area contributed by atoms with E-state index in [0.29, 0.717) is 23.9 Å². The second-order valence-corrected chi connectivity index (χ2v) is 4.43. The Morgan fingerprint density at radius 2 is 1.85 bits per heavy atom. The number of benzene rings is 2. The van der Waals surface area contributed by atoms with Crippen LogP contribution < -0.4 is 5.73 Å². The van der Waals surface area contributed by atoms with E-state index in [1.165, 1.54) is 12.1 Å². The van der Waals surface area contributed by atoms with Crippen LogP contribution in [0.25, 0.3) is 11.5 Å². The first-order chi connectivity index (χ1) is 9.70. The van der Waals surface area contributed by atoms with Crippen molar-refractivity contribution in [2.75, 3.05) is 5.73 Å². The SMILES string of the molecule is Nc1ccc(-c2nnc(Cc3cccc(F)c3)o2)cc1. The smallest absolute Gasteiger partial charge is 0.247 e. The van der Waals surface area contributed by atoms with Crippen LogP contribution in [-0.2, 0) is 6.42 Å². The first kappa shape index (κ1) is 12.3. The summed E-state index contributed by atoms with van der Waals surface area (Å²) in [4.78, 5) is 0. The van der Waals surface area contributed by atoms with Crippen molar-refractivity contribution >= 4 is 5.69 Å². The van der Waals surface area contributed by atoms with Gasteiger partial charge in [-0.1, -0.05) is 12.1 Å². The molecular formula is C15H12FN3O. The van der Waals surface area contributed by atoms with Crippen LogP contribution in [0.1, 0.15) is 11.5 Å². The van der Waals surface area contributed by atoms with Gasteiger partial charge in [0.15, 0.2) is 0 Å². The summed E-state index contributed by atoms with van der Waals surface area (Å²) < 4.78 is 18.7. The highest BCUT2D eigenvalue weighted by Crippen LogP contribution is 2.20. The Balaban J connectivity index is 1.82.